The fraction of sp³-hybridized carbons (Fsp3) is 0.333. The predicted molar refractivity (Wildman–Crippen MR) is 50.3 cm³/mol. The zero-order chi connectivity index (χ0) is 10.1. The van der Waals surface area contributed by atoms with Crippen molar-refractivity contribution in [2.75, 3.05) is 6.54 Å². The molecule has 0 amide bonds. The molecule has 0 spiro atoms. The summed E-state index contributed by atoms with van der Waals surface area (Å²) in [5.41, 5.74) is 6.39. The first kappa shape index (κ1) is 11.6. The molecule has 0 aromatic carbocycles. The van der Waals surface area contributed by atoms with E-state index in [1.807, 2.05) is 18.2 Å². The van der Waals surface area contributed by atoms with Crippen LogP contribution in [0.25, 0.3) is 0 Å². The lowest BCUT2D eigenvalue weighted by molar-refractivity contribution is -0.134. The molecule has 0 bridgehead atoms. The van der Waals surface area contributed by atoms with Gasteiger partial charge in [-0.25, -0.2) is 0 Å². The lowest BCUT2D eigenvalue weighted by Crippen LogP contribution is -2.03. The van der Waals surface area contributed by atoms with E-state index < -0.39 is 5.97 Å². The van der Waals surface area contributed by atoms with Crippen LogP contribution in [0.3, 0.4) is 0 Å². The van der Waals surface area contributed by atoms with Crippen LogP contribution >= 0.6 is 0 Å². The predicted octanol–water partition coefficient (Wildman–Crippen LogP) is 0.674. The number of rotatable bonds is 2. The van der Waals surface area contributed by atoms with Gasteiger partial charge in [0.1, 0.15) is 0 Å². The summed E-state index contributed by atoms with van der Waals surface area (Å²) in [4.78, 5) is 13.1. The van der Waals surface area contributed by atoms with Crippen LogP contribution in [0.4, 0.5) is 0 Å². The maximum atomic E-state index is 9.00. The Kier molecular flexibility index (Phi) is 6.45. The van der Waals surface area contributed by atoms with E-state index in [-0.39, 0.29) is 0 Å². The van der Waals surface area contributed by atoms with Crippen LogP contribution in [-0.4, -0.2) is 22.6 Å². The number of hydrogen-bond acceptors (Lipinski definition) is 3. The Balaban J connectivity index is 0.000000310. The number of nitrogens with zero attached hydrogens (tertiary/aromatic N) is 1. The third kappa shape index (κ3) is 8.49. The van der Waals surface area contributed by atoms with Crippen molar-refractivity contribution in [3.63, 3.8) is 0 Å². The van der Waals surface area contributed by atoms with E-state index >= 15 is 0 Å². The van der Waals surface area contributed by atoms with Gasteiger partial charge in [0.2, 0.25) is 0 Å². The summed E-state index contributed by atoms with van der Waals surface area (Å²) in [5, 5.41) is 7.42. The van der Waals surface area contributed by atoms with Gasteiger partial charge in [0.25, 0.3) is 5.97 Å². The molecule has 1 aromatic rings. The Labute approximate surface area is 77.4 Å². The molecule has 0 radical (unpaired) electrons. The molecule has 72 valence electrons. The Morgan fingerprint density at radius 1 is 1.62 bits per heavy atom. The largest absolute Gasteiger partial charge is 0.481 e. The van der Waals surface area contributed by atoms with Crippen molar-refractivity contribution in [3.8, 4) is 0 Å². The summed E-state index contributed by atoms with van der Waals surface area (Å²) in [5.74, 6) is -0.833. The van der Waals surface area contributed by atoms with E-state index in [0.29, 0.717) is 6.54 Å². The van der Waals surface area contributed by atoms with Crippen molar-refractivity contribution in [1.29, 1.82) is 0 Å². The van der Waals surface area contributed by atoms with E-state index in [1.165, 1.54) is 0 Å². The van der Waals surface area contributed by atoms with Crippen molar-refractivity contribution >= 4 is 5.97 Å². The van der Waals surface area contributed by atoms with Gasteiger partial charge in [-0.1, -0.05) is 6.07 Å². The second-order valence-corrected chi connectivity index (χ2v) is 2.38. The first-order chi connectivity index (χ1) is 6.16. The molecule has 0 aliphatic heterocycles. The Morgan fingerprint density at radius 3 is 2.62 bits per heavy atom. The van der Waals surface area contributed by atoms with Crippen LogP contribution in [0, 0.1) is 0 Å². The molecule has 0 atom stereocenters. The van der Waals surface area contributed by atoms with Crippen molar-refractivity contribution in [3.05, 3.63) is 30.1 Å². The summed E-state index contributed by atoms with van der Waals surface area (Å²) < 4.78 is 0. The summed E-state index contributed by atoms with van der Waals surface area (Å²) >= 11 is 0. The van der Waals surface area contributed by atoms with Crippen molar-refractivity contribution in [2.45, 2.75) is 13.3 Å². The van der Waals surface area contributed by atoms with Crippen LogP contribution in [0.5, 0.6) is 0 Å². The van der Waals surface area contributed by atoms with E-state index in [4.69, 9.17) is 15.6 Å². The summed E-state index contributed by atoms with van der Waals surface area (Å²) in [6.45, 7) is 1.76. The van der Waals surface area contributed by atoms with E-state index in [2.05, 4.69) is 4.98 Å². The van der Waals surface area contributed by atoms with Gasteiger partial charge in [-0.3, -0.25) is 9.78 Å². The SMILES string of the molecule is CC(=O)O.NCCc1ccccn1. The molecular weight excluding hydrogens is 168 g/mol. The number of nitrogens with two attached hydrogens (primary N) is 1. The minimum Gasteiger partial charge on any atom is -0.481 e. The number of carboxylic acids is 1. The van der Waals surface area contributed by atoms with E-state index in [0.717, 1.165) is 19.0 Å². The average molecular weight is 182 g/mol. The van der Waals surface area contributed by atoms with Gasteiger partial charge in [0, 0.05) is 25.2 Å². The van der Waals surface area contributed by atoms with Gasteiger partial charge < -0.3 is 10.8 Å². The molecule has 4 heteroatoms. The molecule has 0 aliphatic carbocycles. The third-order valence-corrected chi connectivity index (χ3v) is 1.13. The summed E-state index contributed by atoms with van der Waals surface area (Å²) in [6.07, 6.45) is 2.66. The van der Waals surface area contributed by atoms with Gasteiger partial charge in [-0.05, 0) is 18.7 Å². The molecule has 0 aliphatic rings. The second kappa shape index (κ2) is 7.24. The lowest BCUT2D eigenvalue weighted by atomic mass is 10.3. The number of carbonyl (C=O) groups is 1. The third-order valence-electron chi connectivity index (χ3n) is 1.13. The lowest BCUT2D eigenvalue weighted by Gasteiger charge is -1.92. The fourth-order valence-corrected chi connectivity index (χ4v) is 0.694. The number of aliphatic carboxylic acids is 1. The Hall–Kier alpha value is -1.42. The minimum absolute atomic E-state index is 0.678. The molecule has 1 aromatic heterocycles. The minimum atomic E-state index is -0.833. The standard InChI is InChI=1S/C7H10N2.C2H4O2/c8-5-4-7-3-1-2-6-9-7;1-2(3)4/h1-3,6H,4-5,8H2;1H3,(H,3,4). The molecular formula is C9H14N2O2. The number of carboxylic acid groups (broad SMARTS) is 1. The molecule has 0 unspecified atom stereocenters. The van der Waals surface area contributed by atoms with Crippen molar-refractivity contribution in [1.82, 2.24) is 4.98 Å². The van der Waals surface area contributed by atoms with Crippen molar-refractivity contribution in [2.24, 2.45) is 5.73 Å². The molecule has 4 nitrogen and oxygen atoms in total. The molecule has 0 saturated heterocycles. The smallest absolute Gasteiger partial charge is 0.300 e. The van der Waals surface area contributed by atoms with E-state index in [1.54, 1.807) is 6.20 Å². The van der Waals surface area contributed by atoms with Crippen LogP contribution in [-0.2, 0) is 11.2 Å². The first-order valence-corrected chi connectivity index (χ1v) is 3.96. The van der Waals surface area contributed by atoms with Gasteiger partial charge >= 0.3 is 0 Å². The topological polar surface area (TPSA) is 76.2 Å². The average Bonchev–Trinajstić information content (AvgIpc) is 2.06. The maximum Gasteiger partial charge on any atom is 0.300 e. The maximum absolute atomic E-state index is 9.00. The summed E-state index contributed by atoms with van der Waals surface area (Å²) in [7, 11) is 0. The van der Waals surface area contributed by atoms with Crippen LogP contribution in [0.15, 0.2) is 24.4 Å². The molecule has 3 N–H and O–H groups in total. The highest BCUT2D eigenvalue weighted by Gasteiger charge is 1.86. The number of pyridine rings is 1. The van der Waals surface area contributed by atoms with Gasteiger partial charge in [0.05, 0.1) is 0 Å². The van der Waals surface area contributed by atoms with Crippen LogP contribution in [0.1, 0.15) is 12.6 Å². The van der Waals surface area contributed by atoms with Crippen molar-refractivity contribution < 1.29 is 9.90 Å². The normalized spacial score (nSPS) is 8.46. The molecule has 0 saturated carbocycles. The highest BCUT2D eigenvalue weighted by molar-refractivity contribution is 5.62. The molecule has 1 heterocycles. The van der Waals surface area contributed by atoms with Gasteiger partial charge in [0.15, 0.2) is 0 Å². The summed E-state index contributed by atoms with van der Waals surface area (Å²) in [6, 6.07) is 5.85. The Bertz CT molecular complexity index is 233. The molecule has 1 rings (SSSR count). The first-order valence-electron chi connectivity index (χ1n) is 3.96. The van der Waals surface area contributed by atoms with E-state index in [9.17, 15) is 0 Å². The van der Waals surface area contributed by atoms with Gasteiger partial charge in [-0.15, -0.1) is 0 Å². The molecule has 13 heavy (non-hydrogen) atoms. The number of aromatic nitrogens is 1. The Morgan fingerprint density at radius 2 is 2.23 bits per heavy atom. The van der Waals surface area contributed by atoms with Gasteiger partial charge in [-0.2, -0.15) is 0 Å². The van der Waals surface area contributed by atoms with Crippen LogP contribution in [0.2, 0.25) is 0 Å². The van der Waals surface area contributed by atoms with Crippen LogP contribution < -0.4 is 5.73 Å². The highest BCUT2D eigenvalue weighted by atomic mass is 16.4. The number of hydrogen-bond donors (Lipinski definition) is 2. The monoisotopic (exact) mass is 182 g/mol. The second-order valence-electron chi connectivity index (χ2n) is 2.38. The quantitative estimate of drug-likeness (QED) is 0.705. The fourth-order valence-electron chi connectivity index (χ4n) is 0.694. The highest BCUT2D eigenvalue weighted by Crippen LogP contribution is 1.91. The zero-order valence-electron chi connectivity index (χ0n) is 7.60. The molecule has 0 fully saturated rings. The zero-order valence-corrected chi connectivity index (χ0v) is 7.60.